The van der Waals surface area contributed by atoms with Gasteiger partial charge in [0.05, 0.1) is 13.2 Å². The van der Waals surface area contributed by atoms with Gasteiger partial charge in [-0.1, -0.05) is 13.8 Å². The standard InChI is InChI=1S/C24H34N4O3/c1-5-31-22-12-8-19(9-13-22)25-24(30)28(20-10-11-20)17-23(29)27(15-18(2)3)16-21-7-6-14-26(21)4/h6-9,12-14,18,20H,5,10-11,15-17H2,1-4H3,(H,25,30). The summed E-state index contributed by atoms with van der Waals surface area (Å²) in [5.41, 5.74) is 1.76. The zero-order valence-corrected chi connectivity index (χ0v) is 19.0. The van der Waals surface area contributed by atoms with Gasteiger partial charge in [0.25, 0.3) is 0 Å². The third kappa shape index (κ3) is 6.51. The summed E-state index contributed by atoms with van der Waals surface area (Å²) in [5.74, 6) is 1.08. The van der Waals surface area contributed by atoms with Crippen LogP contribution in [0.2, 0.25) is 0 Å². The monoisotopic (exact) mass is 426 g/mol. The maximum absolute atomic E-state index is 13.2. The highest BCUT2D eigenvalue weighted by atomic mass is 16.5. The van der Waals surface area contributed by atoms with Crippen LogP contribution in [0.25, 0.3) is 0 Å². The van der Waals surface area contributed by atoms with Crippen LogP contribution in [0.15, 0.2) is 42.6 Å². The minimum Gasteiger partial charge on any atom is -0.494 e. The number of benzene rings is 1. The number of ether oxygens (including phenoxy) is 1. The molecule has 2 aromatic rings. The van der Waals surface area contributed by atoms with Crippen LogP contribution in [0.4, 0.5) is 10.5 Å². The van der Waals surface area contributed by atoms with Gasteiger partial charge in [0.1, 0.15) is 12.3 Å². The van der Waals surface area contributed by atoms with Crippen LogP contribution in [0.3, 0.4) is 0 Å². The van der Waals surface area contributed by atoms with Gasteiger partial charge in [0, 0.05) is 37.2 Å². The molecule has 1 fully saturated rings. The molecule has 1 N–H and O–H groups in total. The summed E-state index contributed by atoms with van der Waals surface area (Å²) in [4.78, 5) is 29.7. The van der Waals surface area contributed by atoms with Gasteiger partial charge in [-0.3, -0.25) is 4.79 Å². The number of urea groups is 1. The number of carbonyl (C=O) groups excluding carboxylic acids is 2. The Hall–Kier alpha value is -2.96. The first-order chi connectivity index (χ1) is 14.9. The molecular formula is C24H34N4O3. The van der Waals surface area contributed by atoms with Gasteiger partial charge in [-0.15, -0.1) is 0 Å². The Morgan fingerprint density at radius 3 is 2.45 bits per heavy atom. The topological polar surface area (TPSA) is 66.8 Å². The van der Waals surface area contributed by atoms with Crippen molar-refractivity contribution in [3.63, 3.8) is 0 Å². The molecule has 7 nitrogen and oxygen atoms in total. The number of anilines is 1. The van der Waals surface area contributed by atoms with Crippen molar-refractivity contribution in [2.45, 2.75) is 46.2 Å². The molecule has 0 radical (unpaired) electrons. The summed E-state index contributed by atoms with van der Waals surface area (Å²) in [7, 11) is 1.98. The van der Waals surface area contributed by atoms with Gasteiger partial charge < -0.3 is 24.4 Å². The van der Waals surface area contributed by atoms with E-state index in [-0.39, 0.29) is 24.5 Å². The molecule has 7 heteroatoms. The normalized spacial score (nSPS) is 13.2. The highest BCUT2D eigenvalue weighted by Gasteiger charge is 2.35. The average molecular weight is 427 g/mol. The van der Waals surface area contributed by atoms with Gasteiger partial charge in [-0.05, 0) is 62.1 Å². The Bertz CT molecular complexity index is 871. The summed E-state index contributed by atoms with van der Waals surface area (Å²) in [6.07, 6.45) is 3.85. The van der Waals surface area contributed by atoms with Gasteiger partial charge in [-0.25, -0.2) is 4.79 Å². The number of hydrogen-bond donors (Lipinski definition) is 1. The van der Waals surface area contributed by atoms with Crippen molar-refractivity contribution >= 4 is 17.6 Å². The van der Waals surface area contributed by atoms with Crippen LogP contribution < -0.4 is 10.1 Å². The number of aromatic nitrogens is 1. The first-order valence-electron chi connectivity index (χ1n) is 11.1. The van der Waals surface area contributed by atoms with Crippen LogP contribution in [0.5, 0.6) is 5.75 Å². The van der Waals surface area contributed by atoms with E-state index < -0.39 is 0 Å². The summed E-state index contributed by atoms with van der Waals surface area (Å²) in [6, 6.07) is 11.2. The zero-order chi connectivity index (χ0) is 22.4. The van der Waals surface area contributed by atoms with Crippen molar-refractivity contribution in [2.75, 3.05) is 25.0 Å². The molecule has 1 aromatic carbocycles. The van der Waals surface area contributed by atoms with Gasteiger partial charge in [0.15, 0.2) is 0 Å². The van der Waals surface area contributed by atoms with Crippen LogP contribution in [-0.2, 0) is 18.4 Å². The van der Waals surface area contributed by atoms with Gasteiger partial charge in [-0.2, -0.15) is 0 Å². The van der Waals surface area contributed by atoms with Crippen LogP contribution >= 0.6 is 0 Å². The number of nitrogens with zero attached hydrogens (tertiary/aromatic N) is 3. The predicted octanol–water partition coefficient (Wildman–Crippen LogP) is 4.10. The van der Waals surface area contributed by atoms with E-state index in [0.717, 1.165) is 24.3 Å². The van der Waals surface area contributed by atoms with E-state index in [2.05, 4.69) is 19.2 Å². The highest BCUT2D eigenvalue weighted by Crippen LogP contribution is 2.28. The summed E-state index contributed by atoms with van der Waals surface area (Å²) in [6.45, 7) is 8.01. The van der Waals surface area contributed by atoms with Crippen molar-refractivity contribution in [1.82, 2.24) is 14.4 Å². The second-order valence-electron chi connectivity index (χ2n) is 8.53. The largest absolute Gasteiger partial charge is 0.494 e. The molecule has 0 atom stereocenters. The lowest BCUT2D eigenvalue weighted by atomic mass is 10.2. The Morgan fingerprint density at radius 1 is 1.19 bits per heavy atom. The summed E-state index contributed by atoms with van der Waals surface area (Å²) in [5, 5.41) is 2.93. The van der Waals surface area contributed by atoms with E-state index >= 15 is 0 Å². The molecule has 0 unspecified atom stereocenters. The minimum absolute atomic E-state index is 0.0244. The molecule has 1 aliphatic carbocycles. The summed E-state index contributed by atoms with van der Waals surface area (Å²) >= 11 is 0. The van der Waals surface area contributed by atoms with Crippen LogP contribution in [0.1, 0.15) is 39.3 Å². The number of amides is 3. The lowest BCUT2D eigenvalue weighted by molar-refractivity contribution is -0.133. The van der Waals surface area contributed by atoms with Crippen molar-refractivity contribution in [2.24, 2.45) is 13.0 Å². The molecule has 3 rings (SSSR count). The lowest BCUT2D eigenvalue weighted by Crippen LogP contribution is -2.46. The Morgan fingerprint density at radius 2 is 1.90 bits per heavy atom. The fraction of sp³-hybridized carbons (Fsp3) is 0.500. The molecule has 31 heavy (non-hydrogen) atoms. The van der Waals surface area contributed by atoms with Crippen molar-refractivity contribution < 1.29 is 14.3 Å². The predicted molar refractivity (Wildman–Crippen MR) is 122 cm³/mol. The van der Waals surface area contributed by atoms with E-state index in [0.29, 0.717) is 31.3 Å². The van der Waals surface area contributed by atoms with Crippen molar-refractivity contribution in [3.8, 4) is 5.75 Å². The third-order valence-corrected chi connectivity index (χ3v) is 5.31. The summed E-state index contributed by atoms with van der Waals surface area (Å²) < 4.78 is 7.47. The minimum atomic E-state index is -0.233. The molecule has 0 spiro atoms. The van der Waals surface area contributed by atoms with Crippen molar-refractivity contribution in [3.05, 3.63) is 48.3 Å². The maximum Gasteiger partial charge on any atom is 0.322 e. The highest BCUT2D eigenvalue weighted by molar-refractivity contribution is 5.92. The van der Waals surface area contributed by atoms with E-state index in [9.17, 15) is 9.59 Å². The number of carbonyl (C=O) groups is 2. The Kier molecular flexibility index (Phi) is 7.60. The molecule has 0 saturated heterocycles. The average Bonchev–Trinajstić information content (AvgIpc) is 3.49. The molecular weight excluding hydrogens is 392 g/mol. The first-order valence-corrected chi connectivity index (χ1v) is 11.1. The Balaban J connectivity index is 1.66. The number of nitrogens with one attached hydrogen (secondary N) is 1. The second kappa shape index (κ2) is 10.4. The van der Waals surface area contributed by atoms with E-state index in [4.69, 9.17) is 4.74 Å². The molecule has 168 valence electrons. The number of hydrogen-bond acceptors (Lipinski definition) is 3. The van der Waals surface area contributed by atoms with E-state index in [1.165, 1.54) is 0 Å². The van der Waals surface area contributed by atoms with Gasteiger partial charge in [0.2, 0.25) is 5.91 Å². The Labute approximate surface area is 185 Å². The number of aryl methyl sites for hydroxylation is 1. The van der Waals surface area contributed by atoms with Gasteiger partial charge >= 0.3 is 6.03 Å². The van der Waals surface area contributed by atoms with E-state index in [1.807, 2.05) is 66.0 Å². The quantitative estimate of drug-likeness (QED) is 0.622. The molecule has 0 aliphatic heterocycles. The second-order valence-corrected chi connectivity index (χ2v) is 8.53. The third-order valence-electron chi connectivity index (χ3n) is 5.31. The fourth-order valence-electron chi connectivity index (χ4n) is 3.55. The van der Waals surface area contributed by atoms with Crippen LogP contribution in [0, 0.1) is 5.92 Å². The molecule has 1 aromatic heterocycles. The smallest absolute Gasteiger partial charge is 0.322 e. The lowest BCUT2D eigenvalue weighted by Gasteiger charge is -2.29. The SMILES string of the molecule is CCOc1ccc(NC(=O)N(CC(=O)N(Cc2cccn2C)CC(C)C)C2CC2)cc1. The molecule has 1 heterocycles. The molecule has 1 aliphatic rings. The molecule has 3 amide bonds. The van der Waals surface area contributed by atoms with Crippen molar-refractivity contribution in [1.29, 1.82) is 0 Å². The molecule has 0 bridgehead atoms. The zero-order valence-electron chi connectivity index (χ0n) is 19.0. The molecule has 1 saturated carbocycles. The number of rotatable bonds is 10. The fourth-order valence-corrected chi connectivity index (χ4v) is 3.55. The van der Waals surface area contributed by atoms with E-state index in [1.54, 1.807) is 4.90 Å². The maximum atomic E-state index is 13.2. The first kappa shape index (κ1) is 22.7. The van der Waals surface area contributed by atoms with Crippen LogP contribution in [-0.4, -0.2) is 52.0 Å².